The van der Waals surface area contributed by atoms with Crippen molar-refractivity contribution in [3.05, 3.63) is 10.6 Å². The van der Waals surface area contributed by atoms with E-state index in [0.717, 1.165) is 43.1 Å². The van der Waals surface area contributed by atoms with Gasteiger partial charge in [-0.2, -0.15) is 5.10 Å². The Bertz CT molecular complexity index is 392. The Labute approximate surface area is 101 Å². The molecule has 1 atom stereocenters. The lowest BCUT2D eigenvalue weighted by Gasteiger charge is -2.29. The maximum absolute atomic E-state index is 5.40. The van der Waals surface area contributed by atoms with Crippen molar-refractivity contribution in [2.45, 2.75) is 39.2 Å². The van der Waals surface area contributed by atoms with Crippen molar-refractivity contribution >= 4 is 12.2 Å². The van der Waals surface area contributed by atoms with Crippen LogP contribution in [0.15, 0.2) is 0 Å². The van der Waals surface area contributed by atoms with Crippen LogP contribution in [0.2, 0.25) is 0 Å². The molecule has 2 heterocycles. The van der Waals surface area contributed by atoms with Gasteiger partial charge in [0.1, 0.15) is 5.82 Å². The predicted octanol–water partition coefficient (Wildman–Crippen LogP) is 2.49. The highest BCUT2D eigenvalue weighted by Crippen LogP contribution is 2.28. The Morgan fingerprint density at radius 3 is 2.88 bits per heavy atom. The first-order chi connectivity index (χ1) is 7.74. The van der Waals surface area contributed by atoms with Gasteiger partial charge in [-0.15, -0.1) is 0 Å². The van der Waals surface area contributed by atoms with Crippen LogP contribution in [0.5, 0.6) is 0 Å². The number of H-pyrrole nitrogens is 1. The minimum Gasteiger partial charge on any atom is -0.381 e. The molecular weight excluding hydrogens is 222 g/mol. The van der Waals surface area contributed by atoms with Gasteiger partial charge >= 0.3 is 0 Å². The molecule has 5 heteroatoms. The Morgan fingerprint density at radius 1 is 1.56 bits per heavy atom. The van der Waals surface area contributed by atoms with Gasteiger partial charge in [0, 0.05) is 25.7 Å². The summed E-state index contributed by atoms with van der Waals surface area (Å²) in [6.07, 6.45) is 3.16. The quantitative estimate of drug-likeness (QED) is 0.827. The van der Waals surface area contributed by atoms with E-state index in [1.165, 1.54) is 0 Å². The fourth-order valence-corrected chi connectivity index (χ4v) is 2.73. The van der Waals surface area contributed by atoms with Gasteiger partial charge in [-0.3, -0.25) is 5.10 Å². The SMILES string of the molecule is CCc1n[nH]c(=S)n1C(C)C1CCOCC1. The number of aromatic amines is 1. The summed E-state index contributed by atoms with van der Waals surface area (Å²) in [5.74, 6) is 1.72. The first kappa shape index (κ1) is 11.8. The highest BCUT2D eigenvalue weighted by Gasteiger charge is 2.23. The minimum absolute atomic E-state index is 0.421. The Kier molecular flexibility index (Phi) is 3.76. The number of rotatable bonds is 3. The summed E-state index contributed by atoms with van der Waals surface area (Å²) in [6.45, 7) is 6.10. The van der Waals surface area contributed by atoms with Gasteiger partial charge < -0.3 is 9.30 Å². The van der Waals surface area contributed by atoms with Gasteiger partial charge in [0.25, 0.3) is 0 Å². The molecule has 0 bridgehead atoms. The molecule has 1 aliphatic heterocycles. The topological polar surface area (TPSA) is 42.8 Å². The largest absolute Gasteiger partial charge is 0.381 e. The maximum atomic E-state index is 5.40. The smallest absolute Gasteiger partial charge is 0.195 e. The molecule has 0 spiro atoms. The zero-order valence-corrected chi connectivity index (χ0v) is 10.7. The molecule has 1 N–H and O–H groups in total. The zero-order valence-electron chi connectivity index (χ0n) is 9.90. The molecule has 0 amide bonds. The summed E-state index contributed by atoms with van der Waals surface area (Å²) in [5.41, 5.74) is 0. The molecule has 1 aromatic heterocycles. The van der Waals surface area contributed by atoms with Crippen LogP contribution in [0.4, 0.5) is 0 Å². The molecule has 4 nitrogen and oxygen atoms in total. The molecule has 1 saturated heterocycles. The van der Waals surface area contributed by atoms with Crippen molar-refractivity contribution in [2.24, 2.45) is 5.92 Å². The summed E-state index contributed by atoms with van der Waals surface area (Å²) in [4.78, 5) is 0. The summed E-state index contributed by atoms with van der Waals surface area (Å²) >= 11 is 5.30. The second kappa shape index (κ2) is 5.10. The average molecular weight is 241 g/mol. The number of aromatic nitrogens is 3. The number of hydrogen-bond acceptors (Lipinski definition) is 3. The Morgan fingerprint density at radius 2 is 2.25 bits per heavy atom. The van der Waals surface area contributed by atoms with Gasteiger partial charge in [0.05, 0.1) is 0 Å². The van der Waals surface area contributed by atoms with Crippen molar-refractivity contribution in [1.82, 2.24) is 14.8 Å². The highest BCUT2D eigenvalue weighted by molar-refractivity contribution is 7.71. The molecule has 0 saturated carbocycles. The van der Waals surface area contributed by atoms with E-state index in [-0.39, 0.29) is 0 Å². The average Bonchev–Trinajstić information content (AvgIpc) is 2.70. The lowest BCUT2D eigenvalue weighted by Crippen LogP contribution is -2.25. The normalized spacial score (nSPS) is 19.9. The molecule has 1 aliphatic rings. The molecule has 0 radical (unpaired) electrons. The Hall–Kier alpha value is -0.680. The van der Waals surface area contributed by atoms with Crippen LogP contribution in [0.1, 0.15) is 38.6 Å². The van der Waals surface area contributed by atoms with Crippen molar-refractivity contribution in [2.75, 3.05) is 13.2 Å². The van der Waals surface area contributed by atoms with Gasteiger partial charge in [-0.05, 0) is 37.9 Å². The van der Waals surface area contributed by atoms with Gasteiger partial charge in [0.2, 0.25) is 0 Å². The second-order valence-electron chi connectivity index (χ2n) is 4.36. The summed E-state index contributed by atoms with van der Waals surface area (Å²) in [7, 11) is 0. The van der Waals surface area contributed by atoms with Crippen LogP contribution in [0.3, 0.4) is 0 Å². The van der Waals surface area contributed by atoms with E-state index < -0.39 is 0 Å². The highest BCUT2D eigenvalue weighted by atomic mass is 32.1. The number of ether oxygens (including phenoxy) is 1. The monoisotopic (exact) mass is 241 g/mol. The summed E-state index contributed by atoms with van der Waals surface area (Å²) < 4.78 is 8.31. The van der Waals surface area contributed by atoms with E-state index in [4.69, 9.17) is 17.0 Å². The van der Waals surface area contributed by atoms with Crippen molar-refractivity contribution in [1.29, 1.82) is 0 Å². The molecule has 1 unspecified atom stereocenters. The van der Waals surface area contributed by atoms with E-state index in [1.54, 1.807) is 0 Å². The van der Waals surface area contributed by atoms with Crippen LogP contribution in [-0.4, -0.2) is 28.0 Å². The Balaban J connectivity index is 2.21. The van der Waals surface area contributed by atoms with Crippen LogP contribution in [-0.2, 0) is 11.2 Å². The van der Waals surface area contributed by atoms with Crippen LogP contribution < -0.4 is 0 Å². The standard InChI is InChI=1S/C11H19N3OS/c1-3-10-12-13-11(16)14(10)8(2)9-4-6-15-7-5-9/h8-9H,3-7H2,1-2H3,(H,13,16). The van der Waals surface area contributed by atoms with E-state index in [0.29, 0.717) is 12.0 Å². The predicted molar refractivity (Wildman–Crippen MR) is 65.0 cm³/mol. The number of nitrogens with zero attached hydrogens (tertiary/aromatic N) is 2. The van der Waals surface area contributed by atoms with E-state index >= 15 is 0 Å². The number of hydrogen-bond donors (Lipinski definition) is 1. The molecule has 16 heavy (non-hydrogen) atoms. The number of aryl methyl sites for hydroxylation is 1. The lowest BCUT2D eigenvalue weighted by molar-refractivity contribution is 0.0507. The second-order valence-corrected chi connectivity index (χ2v) is 4.75. The summed E-state index contributed by atoms with van der Waals surface area (Å²) in [6, 6.07) is 0.421. The lowest BCUT2D eigenvalue weighted by atomic mass is 9.93. The van der Waals surface area contributed by atoms with E-state index in [1.807, 2.05) is 0 Å². The third-order valence-electron chi connectivity index (χ3n) is 3.45. The fourth-order valence-electron chi connectivity index (χ4n) is 2.42. The van der Waals surface area contributed by atoms with Crippen molar-refractivity contribution in [3.8, 4) is 0 Å². The van der Waals surface area contributed by atoms with Gasteiger partial charge in [-0.25, -0.2) is 0 Å². The minimum atomic E-state index is 0.421. The zero-order chi connectivity index (χ0) is 11.5. The molecule has 0 aromatic carbocycles. The van der Waals surface area contributed by atoms with Gasteiger partial charge in [-0.1, -0.05) is 6.92 Å². The van der Waals surface area contributed by atoms with E-state index in [2.05, 4.69) is 28.6 Å². The molecule has 0 aliphatic carbocycles. The van der Waals surface area contributed by atoms with Crippen LogP contribution >= 0.6 is 12.2 Å². The number of nitrogens with one attached hydrogen (secondary N) is 1. The maximum Gasteiger partial charge on any atom is 0.195 e. The van der Waals surface area contributed by atoms with Crippen LogP contribution in [0.25, 0.3) is 0 Å². The molecule has 1 fully saturated rings. The summed E-state index contributed by atoms with van der Waals surface area (Å²) in [5, 5.41) is 7.16. The molecule has 2 rings (SSSR count). The molecule has 1 aromatic rings. The van der Waals surface area contributed by atoms with Crippen LogP contribution in [0, 0.1) is 10.7 Å². The first-order valence-electron chi connectivity index (χ1n) is 5.97. The van der Waals surface area contributed by atoms with Crippen molar-refractivity contribution in [3.63, 3.8) is 0 Å². The van der Waals surface area contributed by atoms with Crippen molar-refractivity contribution < 1.29 is 4.74 Å². The molecular formula is C11H19N3OS. The van der Waals surface area contributed by atoms with Gasteiger partial charge in [0.15, 0.2) is 4.77 Å². The molecule has 90 valence electrons. The third kappa shape index (κ3) is 2.20. The third-order valence-corrected chi connectivity index (χ3v) is 3.74. The fraction of sp³-hybridized carbons (Fsp3) is 0.818. The van der Waals surface area contributed by atoms with E-state index in [9.17, 15) is 0 Å². The first-order valence-corrected chi connectivity index (χ1v) is 6.38.